The summed E-state index contributed by atoms with van der Waals surface area (Å²) < 4.78 is 13.5. The van der Waals surface area contributed by atoms with Gasteiger partial charge in [0.2, 0.25) is 6.79 Å². The first-order valence-electron chi connectivity index (χ1n) is 10.5. The van der Waals surface area contributed by atoms with Crippen molar-refractivity contribution in [1.82, 2.24) is 24.6 Å². The molecule has 0 unspecified atom stereocenters. The number of fused-ring (bicyclic) bond motifs is 3. The lowest BCUT2D eigenvalue weighted by atomic mass is 9.84. The quantitative estimate of drug-likeness (QED) is 0.645. The number of likely N-dealkylation sites (tertiary alicyclic amines) is 1. The summed E-state index contributed by atoms with van der Waals surface area (Å²) in [6.07, 6.45) is 2.20. The molecule has 0 bridgehead atoms. The van der Waals surface area contributed by atoms with Crippen LogP contribution in [0, 0.1) is 0 Å². The van der Waals surface area contributed by atoms with E-state index in [0.29, 0.717) is 6.79 Å². The molecule has 7 nitrogen and oxygen atoms in total. The third kappa shape index (κ3) is 3.02. The van der Waals surface area contributed by atoms with Crippen molar-refractivity contribution in [2.45, 2.75) is 31.5 Å². The molecule has 0 aliphatic carbocycles. The number of ether oxygens (including phenoxy) is 2. The number of nitrogens with zero attached hydrogens (tertiary/aromatic N) is 5. The van der Waals surface area contributed by atoms with Crippen LogP contribution >= 0.6 is 11.3 Å². The van der Waals surface area contributed by atoms with Gasteiger partial charge in [-0.25, -0.2) is 0 Å². The molecular weight excluding hydrogens is 398 g/mol. The van der Waals surface area contributed by atoms with Crippen LogP contribution in [0.5, 0.6) is 11.5 Å². The summed E-state index contributed by atoms with van der Waals surface area (Å²) >= 11 is 1.74. The Kier molecular flexibility index (Phi) is 4.33. The Hall–Kier alpha value is -2.42. The fourth-order valence-electron chi connectivity index (χ4n) is 5.16. The van der Waals surface area contributed by atoms with Gasteiger partial charge in [-0.1, -0.05) is 12.1 Å². The van der Waals surface area contributed by atoms with Gasteiger partial charge in [0.15, 0.2) is 17.3 Å². The van der Waals surface area contributed by atoms with E-state index >= 15 is 0 Å². The second-order valence-corrected chi connectivity index (χ2v) is 9.56. The molecule has 156 valence electrons. The Balaban J connectivity index is 1.24. The molecule has 8 heteroatoms. The largest absolute Gasteiger partial charge is 0.454 e. The van der Waals surface area contributed by atoms with Gasteiger partial charge in [0.1, 0.15) is 5.82 Å². The Bertz CT molecular complexity index is 1060. The Morgan fingerprint density at radius 2 is 1.97 bits per heavy atom. The van der Waals surface area contributed by atoms with Gasteiger partial charge >= 0.3 is 0 Å². The van der Waals surface area contributed by atoms with E-state index in [-0.39, 0.29) is 5.54 Å². The van der Waals surface area contributed by atoms with E-state index in [0.717, 1.165) is 68.7 Å². The minimum atomic E-state index is 0.0660. The first-order valence-corrected chi connectivity index (χ1v) is 11.4. The molecule has 3 aromatic rings. The molecule has 1 spiro atoms. The molecule has 0 atom stereocenters. The fourth-order valence-corrected chi connectivity index (χ4v) is 5.86. The molecule has 1 fully saturated rings. The molecule has 0 N–H and O–H groups in total. The van der Waals surface area contributed by atoms with Crippen LogP contribution in [0.2, 0.25) is 0 Å². The highest BCUT2D eigenvalue weighted by atomic mass is 32.1. The van der Waals surface area contributed by atoms with E-state index in [9.17, 15) is 0 Å². The van der Waals surface area contributed by atoms with Crippen LogP contribution in [0.15, 0.2) is 35.7 Å². The molecule has 5 heterocycles. The lowest BCUT2D eigenvalue weighted by molar-refractivity contribution is 0.0491. The Morgan fingerprint density at radius 3 is 2.80 bits per heavy atom. The molecule has 2 aromatic heterocycles. The summed E-state index contributed by atoms with van der Waals surface area (Å²) in [4.78, 5) is 6.16. The predicted octanol–water partition coefficient (Wildman–Crippen LogP) is 3.17. The molecule has 6 rings (SSSR count). The second-order valence-electron chi connectivity index (χ2n) is 8.61. The van der Waals surface area contributed by atoms with Gasteiger partial charge in [0.25, 0.3) is 0 Å². The molecule has 0 amide bonds. The summed E-state index contributed by atoms with van der Waals surface area (Å²) in [6, 6.07) is 10.5. The summed E-state index contributed by atoms with van der Waals surface area (Å²) in [5.74, 6) is 3.85. The lowest BCUT2D eigenvalue weighted by Crippen LogP contribution is -2.55. The zero-order valence-electron chi connectivity index (χ0n) is 17.1. The molecule has 3 aliphatic heterocycles. The fraction of sp³-hybridized carbons (Fsp3) is 0.455. The molecule has 0 saturated carbocycles. The zero-order valence-corrected chi connectivity index (χ0v) is 17.9. The molecule has 30 heavy (non-hydrogen) atoms. The van der Waals surface area contributed by atoms with Crippen molar-refractivity contribution in [3.8, 4) is 22.2 Å². The van der Waals surface area contributed by atoms with E-state index in [2.05, 4.69) is 61.3 Å². The third-order valence-electron chi connectivity index (χ3n) is 6.55. The summed E-state index contributed by atoms with van der Waals surface area (Å²) in [7, 11) is 2.20. The second kappa shape index (κ2) is 7.08. The van der Waals surface area contributed by atoms with Crippen LogP contribution in [0.25, 0.3) is 10.7 Å². The van der Waals surface area contributed by atoms with E-state index < -0.39 is 0 Å². The number of hydrogen-bond donors (Lipinski definition) is 0. The number of hydrogen-bond acceptors (Lipinski definition) is 7. The van der Waals surface area contributed by atoms with Crippen molar-refractivity contribution >= 4 is 11.3 Å². The summed E-state index contributed by atoms with van der Waals surface area (Å²) in [6.45, 7) is 5.30. The maximum Gasteiger partial charge on any atom is 0.231 e. The standard InChI is InChI=1S/C22H25N5O2S/c1-25-13-20-23-24-21(19-3-2-10-30-19)27(20)22(14-25)6-8-26(9-7-22)12-16-4-5-17-18(11-16)29-15-28-17/h2-5,10-11H,6-9,12-15H2,1H3. The number of benzene rings is 1. The smallest absolute Gasteiger partial charge is 0.231 e. The average Bonchev–Trinajstić information content (AvgIpc) is 3.49. The van der Waals surface area contributed by atoms with Crippen LogP contribution in [-0.2, 0) is 18.6 Å². The monoisotopic (exact) mass is 423 g/mol. The van der Waals surface area contributed by atoms with Gasteiger partial charge in [-0.05, 0) is 49.0 Å². The molecule has 1 aromatic carbocycles. The third-order valence-corrected chi connectivity index (χ3v) is 7.42. The average molecular weight is 424 g/mol. The van der Waals surface area contributed by atoms with E-state index in [1.807, 2.05) is 6.07 Å². The number of rotatable bonds is 3. The van der Waals surface area contributed by atoms with Crippen molar-refractivity contribution in [3.63, 3.8) is 0 Å². The number of piperidine rings is 1. The first kappa shape index (κ1) is 18.4. The van der Waals surface area contributed by atoms with Crippen molar-refractivity contribution in [2.24, 2.45) is 0 Å². The SMILES string of the molecule is CN1Cc2nnc(-c3cccs3)n2C2(CCN(Cc3ccc4c(c3)OCO4)CC2)C1. The van der Waals surface area contributed by atoms with Gasteiger partial charge in [-0.15, -0.1) is 21.5 Å². The highest BCUT2D eigenvalue weighted by Crippen LogP contribution is 2.40. The lowest BCUT2D eigenvalue weighted by Gasteiger charge is -2.48. The summed E-state index contributed by atoms with van der Waals surface area (Å²) in [5.41, 5.74) is 1.34. The first-order chi connectivity index (χ1) is 14.7. The van der Waals surface area contributed by atoms with Gasteiger partial charge in [-0.3, -0.25) is 9.80 Å². The van der Waals surface area contributed by atoms with Crippen LogP contribution in [0.1, 0.15) is 24.2 Å². The van der Waals surface area contributed by atoms with E-state index in [1.165, 1.54) is 10.4 Å². The Morgan fingerprint density at radius 1 is 1.10 bits per heavy atom. The minimum Gasteiger partial charge on any atom is -0.454 e. The van der Waals surface area contributed by atoms with Crippen molar-refractivity contribution in [2.75, 3.05) is 33.5 Å². The molecular formula is C22H25N5O2S. The normalized spacial score (nSPS) is 20.6. The maximum atomic E-state index is 5.55. The predicted molar refractivity (Wildman–Crippen MR) is 115 cm³/mol. The van der Waals surface area contributed by atoms with E-state index in [4.69, 9.17) is 9.47 Å². The zero-order chi connectivity index (χ0) is 20.1. The molecule has 1 saturated heterocycles. The highest BCUT2D eigenvalue weighted by molar-refractivity contribution is 7.13. The van der Waals surface area contributed by atoms with Crippen LogP contribution in [-0.4, -0.2) is 58.0 Å². The van der Waals surface area contributed by atoms with E-state index in [1.54, 1.807) is 11.3 Å². The van der Waals surface area contributed by atoms with Crippen molar-refractivity contribution in [1.29, 1.82) is 0 Å². The number of likely N-dealkylation sites (N-methyl/N-ethyl adjacent to an activating group) is 1. The van der Waals surface area contributed by atoms with Gasteiger partial charge in [0, 0.05) is 26.2 Å². The molecule has 0 radical (unpaired) electrons. The van der Waals surface area contributed by atoms with Gasteiger partial charge < -0.3 is 14.0 Å². The molecule has 3 aliphatic rings. The minimum absolute atomic E-state index is 0.0660. The number of aromatic nitrogens is 3. The van der Waals surface area contributed by atoms with Crippen LogP contribution < -0.4 is 9.47 Å². The maximum absolute atomic E-state index is 5.55. The van der Waals surface area contributed by atoms with Crippen molar-refractivity contribution in [3.05, 3.63) is 47.1 Å². The van der Waals surface area contributed by atoms with Crippen molar-refractivity contribution < 1.29 is 9.47 Å². The van der Waals surface area contributed by atoms with Crippen LogP contribution in [0.4, 0.5) is 0 Å². The highest BCUT2D eigenvalue weighted by Gasteiger charge is 2.43. The topological polar surface area (TPSA) is 55.7 Å². The van der Waals surface area contributed by atoms with Gasteiger partial charge in [0.05, 0.1) is 17.0 Å². The summed E-state index contributed by atoms with van der Waals surface area (Å²) in [5, 5.41) is 11.3. The van der Waals surface area contributed by atoms with Gasteiger partial charge in [-0.2, -0.15) is 0 Å². The van der Waals surface area contributed by atoms with Crippen LogP contribution in [0.3, 0.4) is 0 Å². The Labute approximate surface area is 179 Å². The number of thiophene rings is 1.